The molecule has 0 atom stereocenters. The third kappa shape index (κ3) is 3.65. The van der Waals surface area contributed by atoms with Crippen LogP contribution in [0.2, 0.25) is 0 Å². The lowest BCUT2D eigenvalue weighted by Gasteiger charge is -2.16. The third-order valence-electron chi connectivity index (χ3n) is 0.748. The van der Waals surface area contributed by atoms with Crippen LogP contribution in [0.5, 0.6) is 0 Å². The van der Waals surface area contributed by atoms with Crippen molar-refractivity contribution in [2.75, 3.05) is 0 Å². The van der Waals surface area contributed by atoms with Crippen molar-refractivity contribution in [3.8, 4) is 0 Å². The lowest BCUT2D eigenvalue weighted by molar-refractivity contribution is -0.391. The Morgan fingerprint density at radius 3 is 2.08 bits per heavy atom. The van der Waals surface area contributed by atoms with Crippen LogP contribution in [0.25, 0.3) is 5.53 Å². The van der Waals surface area contributed by atoms with Gasteiger partial charge in [0.15, 0.2) is 0 Å². The molecule has 1 N–H and O–H groups in total. The van der Waals surface area contributed by atoms with Gasteiger partial charge in [0, 0.05) is 0 Å². The lowest BCUT2D eigenvalue weighted by atomic mass is 10.2. The van der Waals surface area contributed by atoms with Gasteiger partial charge in [-0.05, 0) is 20.8 Å². The zero-order valence-electron chi connectivity index (χ0n) is 7.07. The van der Waals surface area contributed by atoms with E-state index >= 15 is 0 Å². The molecule has 0 unspecified atom stereocenters. The van der Waals surface area contributed by atoms with Gasteiger partial charge in [0.2, 0.25) is 0 Å². The fraction of sp³-hybridized carbons (Fsp3) is 0.667. The average Bonchev–Trinajstić information content (AvgIpc) is 1.82. The van der Waals surface area contributed by atoms with Gasteiger partial charge in [-0.25, -0.2) is 0 Å². The van der Waals surface area contributed by atoms with Crippen LogP contribution in [0.4, 0.5) is 9.59 Å². The quantitative estimate of drug-likeness (QED) is 0.446. The topological polar surface area (TPSA) is 88.9 Å². The molecule has 0 aliphatic heterocycles. The first-order valence-corrected chi connectivity index (χ1v) is 3.19. The molecule has 12 heavy (non-hydrogen) atoms. The molecule has 0 fully saturated rings. The molecule has 0 saturated heterocycles. The molecule has 0 aromatic rings. The summed E-state index contributed by atoms with van der Waals surface area (Å²) in [7, 11) is 0. The van der Waals surface area contributed by atoms with Gasteiger partial charge in [0.25, 0.3) is 0 Å². The zero-order chi connectivity index (χ0) is 9.94. The van der Waals surface area contributed by atoms with Crippen molar-refractivity contribution in [3.63, 3.8) is 0 Å². The molecule has 0 aromatic carbocycles. The predicted octanol–water partition coefficient (Wildman–Crippen LogP) is 1.63. The molecule has 2 amide bonds. The largest absolute Gasteiger partial charge is 0.597 e. The Morgan fingerprint density at radius 2 is 1.83 bits per heavy atom. The first-order chi connectivity index (χ1) is 5.24. The summed E-state index contributed by atoms with van der Waals surface area (Å²) in [5.74, 6) is 0. The highest BCUT2D eigenvalue weighted by molar-refractivity contribution is 5.71. The number of nitrogens with zero attached hydrogens (tertiary/aromatic N) is 2. The van der Waals surface area contributed by atoms with Gasteiger partial charge in [0.05, 0.1) is 0 Å². The Hall–Kier alpha value is -1.46. The van der Waals surface area contributed by atoms with Crippen LogP contribution in [0.1, 0.15) is 20.8 Å². The van der Waals surface area contributed by atoms with Crippen LogP contribution in [0.3, 0.4) is 0 Å². The van der Waals surface area contributed by atoms with Gasteiger partial charge in [-0.15, -0.1) is 4.70 Å². The van der Waals surface area contributed by atoms with Gasteiger partial charge in [0.1, 0.15) is 5.60 Å². The van der Waals surface area contributed by atoms with E-state index in [0.717, 1.165) is 0 Å². The minimum absolute atomic E-state index is 0.509. The number of hydrogen-bond donors (Lipinski definition) is 1. The van der Waals surface area contributed by atoms with Gasteiger partial charge in [-0.3, -0.25) is 0 Å². The summed E-state index contributed by atoms with van der Waals surface area (Å²) >= 11 is 0. The van der Waals surface area contributed by atoms with Crippen molar-refractivity contribution < 1.29 is 24.1 Å². The number of amides is 2. The molecule has 0 heterocycles. The van der Waals surface area contributed by atoms with Crippen molar-refractivity contribution in [1.82, 2.24) is 0 Å². The van der Waals surface area contributed by atoms with E-state index in [2.05, 4.69) is 4.74 Å². The SMILES string of the molecule is CC(C)(C)OC(=O)[N+](=[N-])C(=O)O. The molecular weight excluding hydrogens is 164 g/mol. The third-order valence-corrected chi connectivity index (χ3v) is 0.748. The van der Waals surface area contributed by atoms with Crippen molar-refractivity contribution >= 4 is 12.2 Å². The molecular formula is C6H10N2O4. The Labute approximate surface area is 69.2 Å². The van der Waals surface area contributed by atoms with Crippen molar-refractivity contribution in [2.24, 2.45) is 0 Å². The van der Waals surface area contributed by atoms with Gasteiger partial charge < -0.3 is 15.4 Å². The highest BCUT2D eigenvalue weighted by Crippen LogP contribution is 2.07. The summed E-state index contributed by atoms with van der Waals surface area (Å²) in [6, 6.07) is 0. The maximum Gasteiger partial charge on any atom is 0.597 e. The average molecular weight is 174 g/mol. The van der Waals surface area contributed by atoms with Crippen LogP contribution in [0.15, 0.2) is 0 Å². The molecule has 6 heteroatoms. The number of carbonyl (C=O) groups excluding carboxylic acids is 1. The summed E-state index contributed by atoms with van der Waals surface area (Å²) < 4.78 is 4.01. The van der Waals surface area contributed by atoms with Crippen LogP contribution in [-0.4, -0.2) is 27.6 Å². The summed E-state index contributed by atoms with van der Waals surface area (Å²) in [5, 5.41) is 8.12. The maximum absolute atomic E-state index is 10.7. The van der Waals surface area contributed by atoms with E-state index in [4.69, 9.17) is 10.6 Å². The highest BCUT2D eigenvalue weighted by atomic mass is 16.6. The Morgan fingerprint density at radius 1 is 1.42 bits per heavy atom. The van der Waals surface area contributed by atoms with E-state index in [9.17, 15) is 9.59 Å². The molecule has 0 aliphatic rings. The number of rotatable bonds is 0. The Balaban J connectivity index is 4.25. The van der Waals surface area contributed by atoms with Crippen molar-refractivity contribution in [2.45, 2.75) is 26.4 Å². The molecule has 0 bridgehead atoms. The van der Waals surface area contributed by atoms with E-state index in [1.165, 1.54) is 0 Å². The first-order valence-electron chi connectivity index (χ1n) is 3.19. The van der Waals surface area contributed by atoms with E-state index in [-0.39, 0.29) is 0 Å². The molecule has 0 spiro atoms. The Kier molecular flexibility index (Phi) is 2.89. The summed E-state index contributed by atoms with van der Waals surface area (Å²) in [6.07, 6.45) is -3.08. The molecule has 0 rings (SSSR count). The van der Waals surface area contributed by atoms with Crippen LogP contribution in [-0.2, 0) is 4.74 Å². The molecule has 68 valence electrons. The molecule has 0 aliphatic carbocycles. The molecule has 0 saturated carbocycles. The normalized spacial score (nSPS) is 10.6. The number of carboxylic acid groups (broad SMARTS) is 1. The van der Waals surface area contributed by atoms with Crippen LogP contribution in [0, 0.1) is 0 Å². The van der Waals surface area contributed by atoms with E-state index in [1.54, 1.807) is 20.8 Å². The van der Waals surface area contributed by atoms with Crippen LogP contribution < -0.4 is 0 Å². The molecule has 6 nitrogen and oxygen atoms in total. The number of imide groups is 1. The minimum Gasteiger partial charge on any atom is -0.481 e. The zero-order valence-corrected chi connectivity index (χ0v) is 7.07. The standard InChI is InChI=1S/C6H10N2O4/c1-6(2,3)12-5(11)8(7)4(9)10/h1-3H3,(H,9,10). The second kappa shape index (κ2) is 3.29. The molecule has 0 aromatic heterocycles. The predicted molar refractivity (Wildman–Crippen MR) is 37.9 cm³/mol. The monoisotopic (exact) mass is 174 g/mol. The molecule has 0 radical (unpaired) electrons. The fourth-order valence-corrected chi connectivity index (χ4v) is 0.383. The highest BCUT2D eigenvalue weighted by Gasteiger charge is 2.27. The summed E-state index contributed by atoms with van der Waals surface area (Å²) in [6.45, 7) is 4.67. The number of hydrogen-bond acceptors (Lipinski definition) is 3. The van der Waals surface area contributed by atoms with Gasteiger partial charge in [-0.2, -0.15) is 9.59 Å². The van der Waals surface area contributed by atoms with E-state index < -0.39 is 22.5 Å². The maximum atomic E-state index is 10.7. The van der Waals surface area contributed by atoms with Crippen LogP contribution >= 0.6 is 0 Å². The van der Waals surface area contributed by atoms with Gasteiger partial charge in [-0.1, -0.05) is 0 Å². The smallest absolute Gasteiger partial charge is 0.481 e. The summed E-state index contributed by atoms with van der Waals surface area (Å²) in [5.41, 5.74) is 7.69. The Bertz CT molecular complexity index is 228. The first kappa shape index (κ1) is 10.5. The minimum atomic E-state index is -1.77. The second-order valence-electron chi connectivity index (χ2n) is 3.07. The van der Waals surface area contributed by atoms with E-state index in [0.29, 0.717) is 0 Å². The van der Waals surface area contributed by atoms with Crippen molar-refractivity contribution in [3.05, 3.63) is 5.53 Å². The fourth-order valence-electron chi connectivity index (χ4n) is 0.383. The summed E-state index contributed by atoms with van der Waals surface area (Å²) in [4.78, 5) is 20.7. The number of ether oxygens (including phenoxy) is 1. The van der Waals surface area contributed by atoms with Crippen molar-refractivity contribution in [1.29, 1.82) is 0 Å². The second-order valence-corrected chi connectivity index (χ2v) is 3.07. The van der Waals surface area contributed by atoms with Gasteiger partial charge >= 0.3 is 12.2 Å². The lowest BCUT2D eigenvalue weighted by Crippen LogP contribution is -2.31. The number of carbonyl (C=O) groups is 2. The van der Waals surface area contributed by atoms with E-state index in [1.807, 2.05) is 0 Å².